The Bertz CT molecular complexity index is 637. The van der Waals surface area contributed by atoms with Gasteiger partial charge >= 0.3 is 5.97 Å². The summed E-state index contributed by atoms with van der Waals surface area (Å²) in [6.07, 6.45) is 6.67. The lowest BCUT2D eigenvalue weighted by molar-refractivity contribution is -0.176. The molecule has 0 saturated heterocycles. The van der Waals surface area contributed by atoms with Crippen LogP contribution in [0.15, 0.2) is 0 Å². The highest BCUT2D eigenvalue weighted by atomic mass is 16.4. The summed E-state index contributed by atoms with van der Waals surface area (Å²) in [6.45, 7) is 6.73. The van der Waals surface area contributed by atoms with E-state index in [9.17, 15) is 20.1 Å². The number of rotatable bonds is 4. The van der Waals surface area contributed by atoms with Crippen LogP contribution in [0.25, 0.3) is 0 Å². The molecule has 0 bridgehead atoms. The second-order valence-corrected chi connectivity index (χ2v) is 11.5. The minimum Gasteiger partial charge on any atom is -0.479 e. The van der Waals surface area contributed by atoms with Crippen molar-refractivity contribution in [1.29, 1.82) is 0 Å². The number of aliphatic carboxylic acids is 1. The molecule has 4 aliphatic carbocycles. The van der Waals surface area contributed by atoms with Crippen molar-refractivity contribution in [2.45, 2.75) is 96.9 Å². The molecule has 5 heteroatoms. The van der Waals surface area contributed by atoms with Crippen LogP contribution in [0, 0.1) is 46.3 Å². The van der Waals surface area contributed by atoms with E-state index in [0.717, 1.165) is 38.5 Å². The first-order valence-corrected chi connectivity index (χ1v) is 11.9. The molecule has 4 fully saturated rings. The monoisotopic (exact) mass is 408 g/mol. The summed E-state index contributed by atoms with van der Waals surface area (Å²) in [7, 11) is 0. The van der Waals surface area contributed by atoms with Gasteiger partial charge < -0.3 is 20.4 Å². The fraction of sp³-hybridized carbons (Fsp3) is 0.958. The number of carboxylic acids is 1. The molecule has 0 aromatic heterocycles. The van der Waals surface area contributed by atoms with Gasteiger partial charge in [-0.25, -0.2) is 4.79 Å². The third kappa shape index (κ3) is 3.27. The van der Waals surface area contributed by atoms with Crippen LogP contribution >= 0.6 is 0 Å². The lowest BCUT2D eigenvalue weighted by Gasteiger charge is -2.62. The van der Waals surface area contributed by atoms with E-state index in [4.69, 9.17) is 5.11 Å². The molecule has 0 spiro atoms. The molecule has 4 N–H and O–H groups in total. The van der Waals surface area contributed by atoms with Gasteiger partial charge in [0.25, 0.3) is 0 Å². The van der Waals surface area contributed by atoms with Crippen LogP contribution in [0.1, 0.15) is 78.6 Å². The molecule has 0 radical (unpaired) electrons. The number of carboxylic acid groups (broad SMARTS) is 1. The third-order valence-electron chi connectivity index (χ3n) is 10.4. The van der Waals surface area contributed by atoms with Gasteiger partial charge in [0.2, 0.25) is 0 Å². The number of carbonyl (C=O) groups is 1. The molecule has 11 unspecified atom stereocenters. The van der Waals surface area contributed by atoms with Gasteiger partial charge in [-0.15, -0.1) is 0 Å². The molecule has 0 aliphatic heterocycles. The molecule has 29 heavy (non-hydrogen) atoms. The van der Waals surface area contributed by atoms with Crippen molar-refractivity contribution >= 4 is 5.97 Å². The van der Waals surface area contributed by atoms with Crippen LogP contribution in [-0.2, 0) is 4.79 Å². The van der Waals surface area contributed by atoms with E-state index in [1.807, 2.05) is 0 Å². The fourth-order valence-electron chi connectivity index (χ4n) is 8.78. The highest BCUT2D eigenvalue weighted by molar-refractivity contribution is 5.71. The van der Waals surface area contributed by atoms with Gasteiger partial charge in [-0.1, -0.05) is 20.8 Å². The van der Waals surface area contributed by atoms with Gasteiger partial charge in [0, 0.05) is 0 Å². The number of hydrogen-bond acceptors (Lipinski definition) is 4. The molecule has 11 atom stereocenters. The van der Waals surface area contributed by atoms with Crippen molar-refractivity contribution in [3.63, 3.8) is 0 Å². The molecule has 4 rings (SSSR count). The van der Waals surface area contributed by atoms with E-state index in [1.54, 1.807) is 0 Å². The number of fused-ring (bicyclic) bond motifs is 5. The quantitative estimate of drug-likeness (QED) is 0.571. The van der Waals surface area contributed by atoms with Crippen molar-refractivity contribution in [3.8, 4) is 0 Å². The molecule has 5 nitrogen and oxygen atoms in total. The Balaban J connectivity index is 1.57. The first kappa shape index (κ1) is 21.6. The van der Waals surface area contributed by atoms with Crippen molar-refractivity contribution in [1.82, 2.24) is 0 Å². The zero-order valence-electron chi connectivity index (χ0n) is 18.3. The van der Waals surface area contributed by atoms with Gasteiger partial charge in [0.15, 0.2) is 6.10 Å². The summed E-state index contributed by atoms with van der Waals surface area (Å²) in [5, 5.41) is 40.7. The smallest absolute Gasteiger partial charge is 0.332 e. The van der Waals surface area contributed by atoms with Crippen LogP contribution in [0.4, 0.5) is 0 Å². The average molecular weight is 409 g/mol. The maximum absolute atomic E-state index is 11.5. The molecule has 4 aliphatic rings. The minimum absolute atomic E-state index is 0.0825. The molecule has 0 aromatic rings. The Morgan fingerprint density at radius 1 is 1.03 bits per heavy atom. The summed E-state index contributed by atoms with van der Waals surface area (Å²) in [5.41, 5.74) is 0.0455. The Morgan fingerprint density at radius 3 is 2.45 bits per heavy atom. The van der Waals surface area contributed by atoms with Crippen molar-refractivity contribution < 1.29 is 25.2 Å². The topological polar surface area (TPSA) is 98.0 Å². The predicted molar refractivity (Wildman–Crippen MR) is 110 cm³/mol. The largest absolute Gasteiger partial charge is 0.479 e. The second-order valence-electron chi connectivity index (χ2n) is 11.5. The first-order valence-electron chi connectivity index (χ1n) is 11.9. The third-order valence-corrected chi connectivity index (χ3v) is 10.4. The molecule has 0 amide bonds. The van der Waals surface area contributed by atoms with Crippen LogP contribution < -0.4 is 0 Å². The van der Waals surface area contributed by atoms with E-state index in [2.05, 4.69) is 20.8 Å². The summed E-state index contributed by atoms with van der Waals surface area (Å²) >= 11 is 0. The van der Waals surface area contributed by atoms with Gasteiger partial charge in [-0.3, -0.25) is 0 Å². The van der Waals surface area contributed by atoms with Gasteiger partial charge in [-0.2, -0.15) is 0 Å². The molecule has 0 aromatic carbocycles. The first-order chi connectivity index (χ1) is 13.6. The Hall–Kier alpha value is -0.650. The summed E-state index contributed by atoms with van der Waals surface area (Å²) in [4.78, 5) is 11.1. The van der Waals surface area contributed by atoms with E-state index in [0.29, 0.717) is 23.7 Å². The lowest BCUT2D eigenvalue weighted by Crippen LogP contribution is -2.58. The lowest BCUT2D eigenvalue weighted by atomic mass is 9.43. The maximum atomic E-state index is 11.5. The predicted octanol–water partition coefficient (Wildman–Crippen LogP) is 3.45. The zero-order valence-corrected chi connectivity index (χ0v) is 18.3. The molecular formula is C24H40O5. The number of aliphatic hydroxyl groups is 3. The van der Waals surface area contributed by atoms with Crippen molar-refractivity contribution in [3.05, 3.63) is 0 Å². The van der Waals surface area contributed by atoms with E-state index in [-0.39, 0.29) is 41.3 Å². The maximum Gasteiger partial charge on any atom is 0.332 e. The highest BCUT2D eigenvalue weighted by Gasteiger charge is 2.63. The number of hydrogen-bond donors (Lipinski definition) is 4. The number of aliphatic hydroxyl groups excluding tert-OH is 3. The van der Waals surface area contributed by atoms with Crippen LogP contribution in [-0.4, -0.2) is 44.7 Å². The molecular weight excluding hydrogens is 368 g/mol. The fourth-order valence-corrected chi connectivity index (χ4v) is 8.78. The van der Waals surface area contributed by atoms with Gasteiger partial charge in [0.1, 0.15) is 0 Å². The standard InChI is InChI=1S/C24H40O5/c1-13(10-20(26)22(28)29)17-6-7-18-16-5-4-14-11-15(25)8-9-23(14,2)19(16)12-21(27)24(17,18)3/h13-21,25-27H,4-12H2,1-3H3,(H,28,29). The summed E-state index contributed by atoms with van der Waals surface area (Å²) in [6, 6.07) is 0. The van der Waals surface area contributed by atoms with Gasteiger partial charge in [0.05, 0.1) is 12.2 Å². The molecule has 166 valence electrons. The van der Waals surface area contributed by atoms with Gasteiger partial charge in [-0.05, 0) is 104 Å². The van der Waals surface area contributed by atoms with Crippen molar-refractivity contribution in [2.24, 2.45) is 46.3 Å². The van der Waals surface area contributed by atoms with Crippen LogP contribution in [0.3, 0.4) is 0 Å². The molecule has 0 heterocycles. The van der Waals surface area contributed by atoms with E-state index in [1.165, 1.54) is 12.8 Å². The summed E-state index contributed by atoms with van der Waals surface area (Å²) < 4.78 is 0. The summed E-state index contributed by atoms with van der Waals surface area (Å²) in [5.74, 6) is 1.41. The highest BCUT2D eigenvalue weighted by Crippen LogP contribution is 2.68. The minimum atomic E-state index is -1.32. The average Bonchev–Trinajstić information content (AvgIpc) is 3.02. The Labute approximate surface area is 174 Å². The zero-order chi connectivity index (χ0) is 21.1. The SMILES string of the molecule is CC(CC(O)C(=O)O)C1CCC2C3CCC4CC(O)CCC4(C)C3CC(O)C12C. The Kier molecular flexibility index (Phi) is 5.57. The normalized spacial score (nSPS) is 51.4. The van der Waals surface area contributed by atoms with Crippen molar-refractivity contribution in [2.75, 3.05) is 0 Å². The van der Waals surface area contributed by atoms with Crippen LogP contribution in [0.5, 0.6) is 0 Å². The molecule has 4 saturated carbocycles. The Morgan fingerprint density at radius 2 is 1.76 bits per heavy atom. The van der Waals surface area contributed by atoms with Crippen LogP contribution in [0.2, 0.25) is 0 Å². The second kappa shape index (κ2) is 7.49. The van der Waals surface area contributed by atoms with E-state index < -0.39 is 12.1 Å². The van der Waals surface area contributed by atoms with E-state index >= 15 is 0 Å².